The van der Waals surface area contributed by atoms with E-state index in [9.17, 15) is 14.4 Å². The van der Waals surface area contributed by atoms with Crippen LogP contribution in [0.2, 0.25) is 0 Å². The van der Waals surface area contributed by atoms with Gasteiger partial charge in [0.15, 0.2) is 0 Å². The van der Waals surface area contributed by atoms with Gasteiger partial charge in [0.25, 0.3) is 5.91 Å². The van der Waals surface area contributed by atoms with Gasteiger partial charge >= 0.3 is 11.9 Å². The highest BCUT2D eigenvalue weighted by atomic mass is 79.9. The van der Waals surface area contributed by atoms with Gasteiger partial charge in [-0.2, -0.15) is 0 Å². The number of halogens is 1. The molecular weight excluding hydrogens is 326 g/mol. The number of carbonyl (C=O) groups is 3. The van der Waals surface area contributed by atoms with Gasteiger partial charge in [-0.1, -0.05) is 0 Å². The molecule has 6 nitrogen and oxygen atoms in total. The van der Waals surface area contributed by atoms with Crippen LogP contribution in [0.15, 0.2) is 9.85 Å². The lowest BCUT2D eigenvalue weighted by Gasteiger charge is -2.11. The largest absolute Gasteiger partial charge is 0.481 e. The van der Waals surface area contributed by atoms with E-state index in [2.05, 4.69) is 21.2 Å². The third kappa shape index (κ3) is 3.81. The number of aryl methyl sites for hydroxylation is 1. The first kappa shape index (κ1) is 14.7. The molecule has 1 amide bonds. The fraction of sp³-hybridized carbons (Fsp3) is 0.300. The van der Waals surface area contributed by atoms with Crippen LogP contribution in [0.5, 0.6) is 0 Å². The van der Waals surface area contributed by atoms with Crippen LogP contribution >= 0.6 is 27.3 Å². The van der Waals surface area contributed by atoms with E-state index < -0.39 is 30.3 Å². The highest BCUT2D eigenvalue weighted by molar-refractivity contribution is 9.11. The number of nitrogens with one attached hydrogen (secondary N) is 1. The van der Waals surface area contributed by atoms with Crippen LogP contribution in [-0.2, 0) is 9.59 Å². The number of hydrogen-bond donors (Lipinski definition) is 3. The fourth-order valence-electron chi connectivity index (χ4n) is 1.18. The first-order valence-electron chi connectivity index (χ1n) is 4.82. The summed E-state index contributed by atoms with van der Waals surface area (Å²) in [4.78, 5) is 33.3. The van der Waals surface area contributed by atoms with Crippen molar-refractivity contribution in [2.45, 2.75) is 19.4 Å². The Bertz CT molecular complexity index is 479. The zero-order valence-electron chi connectivity index (χ0n) is 9.27. The Morgan fingerprint density at radius 1 is 1.44 bits per heavy atom. The van der Waals surface area contributed by atoms with E-state index in [0.717, 1.165) is 20.7 Å². The minimum Gasteiger partial charge on any atom is -0.481 e. The maximum atomic E-state index is 11.7. The molecular formula is C10H10BrNO5S. The summed E-state index contributed by atoms with van der Waals surface area (Å²) < 4.78 is 0.776. The van der Waals surface area contributed by atoms with Gasteiger partial charge in [-0.05, 0) is 34.5 Å². The van der Waals surface area contributed by atoms with Crippen molar-refractivity contribution < 1.29 is 24.6 Å². The summed E-state index contributed by atoms with van der Waals surface area (Å²) in [6.45, 7) is 1.79. The molecule has 0 bridgehead atoms. The van der Waals surface area contributed by atoms with Crippen LogP contribution in [0, 0.1) is 6.92 Å². The first-order chi connectivity index (χ1) is 8.31. The average molecular weight is 336 g/mol. The van der Waals surface area contributed by atoms with Gasteiger partial charge in [-0.3, -0.25) is 9.59 Å². The van der Waals surface area contributed by atoms with E-state index in [0.29, 0.717) is 4.88 Å². The molecule has 0 aliphatic heterocycles. The Morgan fingerprint density at radius 3 is 2.44 bits per heavy atom. The molecule has 0 spiro atoms. The number of carbonyl (C=O) groups excluding carboxylic acids is 1. The van der Waals surface area contributed by atoms with Crippen molar-refractivity contribution in [3.63, 3.8) is 0 Å². The Balaban J connectivity index is 2.78. The molecule has 0 aromatic carbocycles. The van der Waals surface area contributed by atoms with Crippen molar-refractivity contribution in [1.82, 2.24) is 5.32 Å². The van der Waals surface area contributed by atoms with Crippen molar-refractivity contribution in [2.24, 2.45) is 0 Å². The molecule has 3 N–H and O–H groups in total. The number of carboxylic acid groups (broad SMARTS) is 2. The number of aliphatic carboxylic acids is 2. The van der Waals surface area contributed by atoms with Crippen LogP contribution in [-0.4, -0.2) is 34.1 Å². The van der Waals surface area contributed by atoms with Crippen LogP contribution in [0.4, 0.5) is 0 Å². The predicted octanol–water partition coefficient (Wildman–Crippen LogP) is 1.48. The molecule has 1 heterocycles. The summed E-state index contributed by atoms with van der Waals surface area (Å²) in [6.07, 6.45) is -0.660. The lowest BCUT2D eigenvalue weighted by molar-refractivity contribution is -0.145. The first-order valence-corrected chi connectivity index (χ1v) is 6.43. The molecule has 1 aromatic heterocycles. The van der Waals surface area contributed by atoms with Gasteiger partial charge in [0.2, 0.25) is 0 Å². The van der Waals surface area contributed by atoms with Crippen molar-refractivity contribution in [3.05, 3.63) is 20.3 Å². The summed E-state index contributed by atoms with van der Waals surface area (Å²) in [5.74, 6) is -3.26. The van der Waals surface area contributed by atoms with Crippen LogP contribution in [0.1, 0.15) is 21.7 Å². The normalized spacial score (nSPS) is 11.9. The fourth-order valence-corrected chi connectivity index (χ4v) is 2.61. The molecule has 98 valence electrons. The Hall–Kier alpha value is -1.41. The topological polar surface area (TPSA) is 104 Å². The highest BCUT2D eigenvalue weighted by Gasteiger charge is 2.24. The Morgan fingerprint density at radius 2 is 2.06 bits per heavy atom. The molecule has 0 saturated carbocycles. The quantitative estimate of drug-likeness (QED) is 0.756. The Kier molecular flexibility index (Phi) is 4.85. The van der Waals surface area contributed by atoms with Crippen molar-refractivity contribution >= 4 is 45.1 Å². The van der Waals surface area contributed by atoms with E-state index in [1.807, 2.05) is 0 Å². The molecule has 0 aliphatic carbocycles. The SMILES string of the molecule is Cc1cc(C(=O)N[C@H](CC(=O)O)C(=O)O)sc1Br. The second-order valence-corrected chi connectivity index (χ2v) is 5.90. The molecule has 1 atom stereocenters. The number of rotatable bonds is 5. The van der Waals surface area contributed by atoms with Gasteiger partial charge in [-0.15, -0.1) is 11.3 Å². The Labute approximate surface area is 115 Å². The van der Waals surface area contributed by atoms with E-state index in [1.54, 1.807) is 13.0 Å². The maximum absolute atomic E-state index is 11.7. The summed E-state index contributed by atoms with van der Waals surface area (Å²) in [5.41, 5.74) is 0.857. The molecule has 0 saturated heterocycles. The standard InChI is InChI=1S/C10H10BrNO5S/c1-4-2-6(18-8(4)11)9(15)12-5(10(16)17)3-7(13)14/h2,5H,3H2,1H3,(H,12,15)(H,13,14)(H,16,17)/t5-/m1/s1. The highest BCUT2D eigenvalue weighted by Crippen LogP contribution is 2.27. The van der Waals surface area contributed by atoms with E-state index in [4.69, 9.17) is 10.2 Å². The number of hydrogen-bond acceptors (Lipinski definition) is 4. The van der Waals surface area contributed by atoms with E-state index >= 15 is 0 Å². The molecule has 0 aliphatic rings. The summed E-state index contributed by atoms with van der Waals surface area (Å²) in [6, 6.07) is 0.167. The minimum absolute atomic E-state index is 0.330. The van der Waals surface area contributed by atoms with Crippen LogP contribution in [0.25, 0.3) is 0 Å². The van der Waals surface area contributed by atoms with Crippen LogP contribution < -0.4 is 5.32 Å². The van der Waals surface area contributed by atoms with Gasteiger partial charge < -0.3 is 15.5 Å². The number of amides is 1. The molecule has 8 heteroatoms. The van der Waals surface area contributed by atoms with Crippen molar-refractivity contribution in [1.29, 1.82) is 0 Å². The van der Waals surface area contributed by atoms with Gasteiger partial charge in [0, 0.05) is 0 Å². The molecule has 0 radical (unpaired) electrons. The molecule has 0 unspecified atom stereocenters. The average Bonchev–Trinajstić information content (AvgIpc) is 2.57. The lowest BCUT2D eigenvalue weighted by Crippen LogP contribution is -2.41. The second-order valence-electron chi connectivity index (χ2n) is 3.53. The zero-order chi connectivity index (χ0) is 13.9. The van der Waals surface area contributed by atoms with E-state index in [-0.39, 0.29) is 0 Å². The van der Waals surface area contributed by atoms with Crippen molar-refractivity contribution in [3.8, 4) is 0 Å². The van der Waals surface area contributed by atoms with Gasteiger partial charge in [0.1, 0.15) is 6.04 Å². The molecule has 1 rings (SSSR count). The molecule has 1 aromatic rings. The molecule has 18 heavy (non-hydrogen) atoms. The summed E-state index contributed by atoms with van der Waals surface area (Å²) in [5, 5.41) is 19.5. The third-order valence-electron chi connectivity index (χ3n) is 2.06. The maximum Gasteiger partial charge on any atom is 0.326 e. The summed E-state index contributed by atoms with van der Waals surface area (Å²) in [7, 11) is 0. The lowest BCUT2D eigenvalue weighted by atomic mass is 10.2. The summed E-state index contributed by atoms with van der Waals surface area (Å²) >= 11 is 4.41. The molecule has 0 fully saturated rings. The van der Waals surface area contributed by atoms with Gasteiger partial charge in [-0.25, -0.2) is 4.79 Å². The predicted molar refractivity (Wildman–Crippen MR) is 67.9 cm³/mol. The minimum atomic E-state index is -1.43. The monoisotopic (exact) mass is 335 g/mol. The zero-order valence-corrected chi connectivity index (χ0v) is 11.7. The van der Waals surface area contributed by atoms with Crippen LogP contribution in [0.3, 0.4) is 0 Å². The van der Waals surface area contributed by atoms with E-state index in [1.165, 1.54) is 0 Å². The number of thiophene rings is 1. The van der Waals surface area contributed by atoms with Crippen molar-refractivity contribution in [2.75, 3.05) is 0 Å². The number of carboxylic acids is 2. The third-order valence-corrected chi connectivity index (χ3v) is 4.20. The smallest absolute Gasteiger partial charge is 0.326 e. The second kappa shape index (κ2) is 5.96. The van der Waals surface area contributed by atoms with Gasteiger partial charge in [0.05, 0.1) is 15.1 Å².